The number of methoxy groups -OCH3 is 1. The fourth-order valence-electron chi connectivity index (χ4n) is 2.75. The highest BCUT2D eigenvalue weighted by Gasteiger charge is 2.58. The quantitative estimate of drug-likeness (QED) is 0.422. The maximum absolute atomic E-state index is 14.0. The summed E-state index contributed by atoms with van der Waals surface area (Å²) in [6.45, 7) is 4.06. The standard InChI is InChI=1S/C20H21F5N2O2/c1-5-27(3)11-26-17-10-18(29-4)16(6-12(17)2)19(28,20(23,24)25)13-7-14(21)9-15(22)8-13/h6-11,28H,5H2,1-4H3/b26-11-. The molecule has 0 radical (unpaired) electrons. The third-order valence-corrected chi connectivity index (χ3v) is 4.49. The Labute approximate surface area is 165 Å². The van der Waals surface area contributed by atoms with Crippen LogP contribution >= 0.6 is 0 Å². The zero-order valence-electron chi connectivity index (χ0n) is 16.3. The molecule has 29 heavy (non-hydrogen) atoms. The van der Waals surface area contributed by atoms with Crippen molar-refractivity contribution in [2.45, 2.75) is 25.6 Å². The Hall–Kier alpha value is -2.68. The van der Waals surface area contributed by atoms with Crippen molar-refractivity contribution in [3.63, 3.8) is 0 Å². The summed E-state index contributed by atoms with van der Waals surface area (Å²) in [4.78, 5) is 5.96. The Morgan fingerprint density at radius 3 is 2.17 bits per heavy atom. The lowest BCUT2D eigenvalue weighted by atomic mass is 9.84. The SMILES string of the molecule is CCN(C)/C=N\c1cc(OC)c(C(O)(c2cc(F)cc(F)c2)C(F)(F)F)cc1C. The van der Waals surface area contributed by atoms with Gasteiger partial charge in [0.2, 0.25) is 5.60 Å². The molecule has 2 aromatic carbocycles. The topological polar surface area (TPSA) is 45.1 Å². The van der Waals surface area contributed by atoms with Crippen LogP contribution in [-0.4, -0.2) is 43.2 Å². The van der Waals surface area contributed by atoms with Gasteiger partial charge in [-0.25, -0.2) is 13.8 Å². The molecule has 1 unspecified atom stereocenters. The molecule has 0 spiro atoms. The number of hydrogen-bond acceptors (Lipinski definition) is 3. The first-order valence-corrected chi connectivity index (χ1v) is 8.63. The summed E-state index contributed by atoms with van der Waals surface area (Å²) in [5.74, 6) is -2.82. The minimum Gasteiger partial charge on any atom is -0.496 e. The summed E-state index contributed by atoms with van der Waals surface area (Å²) >= 11 is 0. The predicted octanol–water partition coefficient (Wildman–Crippen LogP) is 4.69. The molecular formula is C20H21F5N2O2. The molecular weight excluding hydrogens is 395 g/mol. The summed E-state index contributed by atoms with van der Waals surface area (Å²) in [6.07, 6.45) is -3.79. The summed E-state index contributed by atoms with van der Waals surface area (Å²) in [5, 5.41) is 10.7. The van der Waals surface area contributed by atoms with Gasteiger partial charge in [0, 0.05) is 36.9 Å². The lowest BCUT2D eigenvalue weighted by Gasteiger charge is -2.33. The van der Waals surface area contributed by atoms with Crippen molar-refractivity contribution in [2.24, 2.45) is 4.99 Å². The fraction of sp³-hybridized carbons (Fsp3) is 0.350. The minimum atomic E-state index is -5.29. The predicted molar refractivity (Wildman–Crippen MR) is 99.6 cm³/mol. The van der Waals surface area contributed by atoms with Crippen LogP contribution in [0.5, 0.6) is 5.75 Å². The molecule has 4 nitrogen and oxygen atoms in total. The Morgan fingerprint density at radius 1 is 1.10 bits per heavy atom. The van der Waals surface area contributed by atoms with E-state index in [1.807, 2.05) is 6.92 Å². The number of halogens is 5. The first kappa shape index (κ1) is 22.6. The molecule has 0 aliphatic heterocycles. The van der Waals surface area contributed by atoms with Crippen LogP contribution in [0.25, 0.3) is 0 Å². The molecule has 158 valence electrons. The van der Waals surface area contributed by atoms with E-state index in [0.29, 0.717) is 36.0 Å². The van der Waals surface area contributed by atoms with Crippen LogP contribution in [-0.2, 0) is 5.60 Å². The Kier molecular flexibility index (Phi) is 6.52. The van der Waals surface area contributed by atoms with Gasteiger partial charge in [0.05, 0.1) is 19.1 Å². The van der Waals surface area contributed by atoms with E-state index in [1.54, 1.807) is 11.9 Å². The van der Waals surface area contributed by atoms with E-state index in [9.17, 15) is 27.1 Å². The van der Waals surface area contributed by atoms with Gasteiger partial charge in [0.25, 0.3) is 0 Å². The van der Waals surface area contributed by atoms with Crippen molar-refractivity contribution in [1.82, 2.24) is 4.90 Å². The monoisotopic (exact) mass is 416 g/mol. The Bertz CT molecular complexity index is 894. The Balaban J connectivity index is 2.75. The molecule has 2 aromatic rings. The van der Waals surface area contributed by atoms with Crippen LogP contribution in [0.2, 0.25) is 0 Å². The number of aliphatic imine (C=N–C) groups is 1. The van der Waals surface area contributed by atoms with Crippen LogP contribution < -0.4 is 4.74 Å². The number of hydrogen-bond donors (Lipinski definition) is 1. The number of nitrogens with zero attached hydrogens (tertiary/aromatic N) is 2. The molecule has 0 aliphatic carbocycles. The van der Waals surface area contributed by atoms with Gasteiger partial charge in [0.15, 0.2) is 0 Å². The average Bonchev–Trinajstić information content (AvgIpc) is 2.64. The van der Waals surface area contributed by atoms with Gasteiger partial charge in [-0.3, -0.25) is 0 Å². The molecule has 1 N–H and O–H groups in total. The van der Waals surface area contributed by atoms with Crippen molar-refractivity contribution < 1.29 is 31.8 Å². The zero-order chi connectivity index (χ0) is 22.0. The van der Waals surface area contributed by atoms with Crippen LogP contribution in [0.4, 0.5) is 27.6 Å². The van der Waals surface area contributed by atoms with Gasteiger partial charge in [-0.15, -0.1) is 0 Å². The number of benzene rings is 2. The number of alkyl halides is 3. The highest BCUT2D eigenvalue weighted by molar-refractivity contribution is 5.66. The van der Waals surface area contributed by atoms with Gasteiger partial charge in [0.1, 0.15) is 17.4 Å². The molecule has 0 saturated carbocycles. The maximum Gasteiger partial charge on any atom is 0.425 e. The molecule has 0 aromatic heterocycles. The van der Waals surface area contributed by atoms with E-state index >= 15 is 0 Å². The molecule has 1 atom stereocenters. The largest absolute Gasteiger partial charge is 0.496 e. The Morgan fingerprint density at radius 2 is 1.69 bits per heavy atom. The molecule has 0 saturated heterocycles. The van der Waals surface area contributed by atoms with E-state index in [-0.39, 0.29) is 5.75 Å². The molecule has 0 bridgehead atoms. The zero-order valence-corrected chi connectivity index (χ0v) is 16.3. The smallest absolute Gasteiger partial charge is 0.425 e. The second-order valence-electron chi connectivity index (χ2n) is 6.52. The van der Waals surface area contributed by atoms with Crippen molar-refractivity contribution in [3.05, 3.63) is 58.7 Å². The third kappa shape index (κ3) is 4.50. The highest BCUT2D eigenvalue weighted by atomic mass is 19.4. The summed E-state index contributed by atoms with van der Waals surface area (Å²) in [5.41, 5.74) is -4.77. The van der Waals surface area contributed by atoms with Gasteiger partial charge < -0.3 is 14.7 Å². The van der Waals surface area contributed by atoms with E-state index in [1.165, 1.54) is 19.3 Å². The molecule has 2 rings (SSSR count). The van der Waals surface area contributed by atoms with Crippen LogP contribution in [0.1, 0.15) is 23.6 Å². The second kappa shape index (κ2) is 8.36. The molecule has 9 heteroatoms. The van der Waals surface area contributed by atoms with Gasteiger partial charge in [-0.05, 0) is 37.6 Å². The van der Waals surface area contributed by atoms with Gasteiger partial charge >= 0.3 is 6.18 Å². The number of rotatable bonds is 6. The molecule has 0 heterocycles. The summed E-state index contributed by atoms with van der Waals surface area (Å²) in [6, 6.07) is 3.58. The first-order chi connectivity index (χ1) is 13.4. The fourth-order valence-corrected chi connectivity index (χ4v) is 2.75. The van der Waals surface area contributed by atoms with Crippen molar-refractivity contribution in [3.8, 4) is 5.75 Å². The third-order valence-electron chi connectivity index (χ3n) is 4.49. The van der Waals surface area contributed by atoms with E-state index in [4.69, 9.17) is 4.74 Å². The van der Waals surface area contributed by atoms with E-state index < -0.39 is 34.5 Å². The summed E-state index contributed by atoms with van der Waals surface area (Å²) in [7, 11) is 2.90. The van der Waals surface area contributed by atoms with Crippen molar-refractivity contribution >= 4 is 12.0 Å². The molecule has 0 fully saturated rings. The second-order valence-corrected chi connectivity index (χ2v) is 6.52. The van der Waals surface area contributed by atoms with Crippen LogP contribution in [0.15, 0.2) is 35.3 Å². The maximum atomic E-state index is 14.0. The summed E-state index contributed by atoms with van der Waals surface area (Å²) < 4.78 is 74.3. The van der Waals surface area contributed by atoms with Gasteiger partial charge in [-0.1, -0.05) is 0 Å². The normalized spacial score (nSPS) is 14.1. The van der Waals surface area contributed by atoms with Crippen molar-refractivity contribution in [1.29, 1.82) is 0 Å². The lowest BCUT2D eigenvalue weighted by Crippen LogP contribution is -2.43. The van der Waals surface area contributed by atoms with Crippen LogP contribution in [0, 0.1) is 18.6 Å². The molecule has 0 aliphatic rings. The van der Waals surface area contributed by atoms with Crippen molar-refractivity contribution in [2.75, 3.05) is 20.7 Å². The number of ether oxygens (including phenoxy) is 1. The van der Waals surface area contributed by atoms with E-state index in [2.05, 4.69) is 4.99 Å². The lowest BCUT2D eigenvalue weighted by molar-refractivity contribution is -0.248. The number of aliphatic hydroxyl groups is 1. The average molecular weight is 416 g/mol. The van der Waals surface area contributed by atoms with Gasteiger partial charge in [-0.2, -0.15) is 13.2 Å². The van der Waals surface area contributed by atoms with E-state index in [0.717, 1.165) is 13.2 Å². The number of aryl methyl sites for hydroxylation is 1. The highest BCUT2D eigenvalue weighted by Crippen LogP contribution is 2.48. The molecule has 0 amide bonds. The minimum absolute atomic E-state index is 0.307. The van der Waals surface area contributed by atoms with Crippen LogP contribution in [0.3, 0.4) is 0 Å². The first-order valence-electron chi connectivity index (χ1n) is 8.63.